The standard InChI is InChI=1S/C25H28N4O3/c1-18-15-26-24(20-7-3-2-4-8-20)29(18)17-19-6-5-11-28(16-19)25(30)27-21-9-10-22-23(14-21)32-13-12-31-22/h2-4,7-10,14-15,19H,5-6,11-13,16-17H2,1H3,(H,27,30). The van der Waals surface area contributed by atoms with E-state index in [4.69, 9.17) is 9.47 Å². The fourth-order valence-corrected chi connectivity index (χ4v) is 4.49. The van der Waals surface area contributed by atoms with E-state index in [-0.39, 0.29) is 6.03 Å². The number of aryl methyl sites for hydroxylation is 1. The average Bonchev–Trinajstić information content (AvgIpc) is 3.19. The average molecular weight is 433 g/mol. The smallest absolute Gasteiger partial charge is 0.321 e. The molecule has 0 spiro atoms. The Morgan fingerprint density at radius 2 is 1.94 bits per heavy atom. The van der Waals surface area contributed by atoms with Crippen molar-refractivity contribution in [3.63, 3.8) is 0 Å². The van der Waals surface area contributed by atoms with Gasteiger partial charge >= 0.3 is 6.03 Å². The zero-order valence-electron chi connectivity index (χ0n) is 18.3. The molecule has 3 aromatic rings. The number of urea groups is 1. The van der Waals surface area contributed by atoms with Crippen molar-refractivity contribution in [1.29, 1.82) is 0 Å². The molecule has 166 valence electrons. The summed E-state index contributed by atoms with van der Waals surface area (Å²) < 4.78 is 13.5. The molecular weight excluding hydrogens is 404 g/mol. The summed E-state index contributed by atoms with van der Waals surface area (Å²) in [6.45, 7) is 5.51. The van der Waals surface area contributed by atoms with Crippen LogP contribution in [-0.4, -0.2) is 46.8 Å². The summed E-state index contributed by atoms with van der Waals surface area (Å²) in [6, 6.07) is 15.7. The quantitative estimate of drug-likeness (QED) is 0.656. The molecule has 0 radical (unpaired) electrons. The maximum absolute atomic E-state index is 13.0. The van der Waals surface area contributed by atoms with Gasteiger partial charge in [-0.15, -0.1) is 0 Å². The summed E-state index contributed by atoms with van der Waals surface area (Å²) >= 11 is 0. The van der Waals surface area contributed by atoms with Gasteiger partial charge in [0, 0.05) is 48.8 Å². The van der Waals surface area contributed by atoms with E-state index < -0.39 is 0 Å². The Labute approximate surface area is 188 Å². The molecule has 2 aromatic carbocycles. The summed E-state index contributed by atoms with van der Waals surface area (Å²) in [4.78, 5) is 19.5. The van der Waals surface area contributed by atoms with Gasteiger partial charge < -0.3 is 24.3 Å². The number of imidazole rings is 1. The third kappa shape index (κ3) is 4.28. The van der Waals surface area contributed by atoms with Crippen LogP contribution >= 0.6 is 0 Å². The number of carbonyl (C=O) groups excluding carboxylic acids is 1. The molecule has 1 fully saturated rings. The number of hydrogen-bond donors (Lipinski definition) is 1. The second kappa shape index (κ2) is 8.94. The molecule has 1 N–H and O–H groups in total. The van der Waals surface area contributed by atoms with Crippen molar-refractivity contribution in [2.45, 2.75) is 26.3 Å². The van der Waals surface area contributed by atoms with Gasteiger partial charge in [0.05, 0.1) is 0 Å². The van der Waals surface area contributed by atoms with Crippen LogP contribution in [0.25, 0.3) is 11.4 Å². The Balaban J connectivity index is 1.25. The van der Waals surface area contributed by atoms with Gasteiger partial charge in [-0.1, -0.05) is 30.3 Å². The van der Waals surface area contributed by atoms with Gasteiger partial charge in [0.1, 0.15) is 19.0 Å². The molecular formula is C25H28N4O3. The monoisotopic (exact) mass is 432 g/mol. The van der Waals surface area contributed by atoms with Crippen molar-refractivity contribution in [2.75, 3.05) is 31.6 Å². The van der Waals surface area contributed by atoms with Crippen LogP contribution < -0.4 is 14.8 Å². The van der Waals surface area contributed by atoms with Gasteiger partial charge in [-0.05, 0) is 37.8 Å². The molecule has 2 amide bonds. The highest BCUT2D eigenvalue weighted by Gasteiger charge is 2.25. The molecule has 1 unspecified atom stereocenters. The number of carbonyl (C=O) groups is 1. The van der Waals surface area contributed by atoms with Crippen LogP contribution in [0.5, 0.6) is 11.5 Å². The molecule has 32 heavy (non-hydrogen) atoms. The number of hydrogen-bond acceptors (Lipinski definition) is 4. The number of piperidine rings is 1. The van der Waals surface area contributed by atoms with Crippen molar-refractivity contribution in [3.05, 3.63) is 60.4 Å². The number of nitrogens with zero attached hydrogens (tertiary/aromatic N) is 3. The van der Waals surface area contributed by atoms with Crippen LogP contribution in [0, 0.1) is 12.8 Å². The van der Waals surface area contributed by atoms with Gasteiger partial charge in [-0.2, -0.15) is 0 Å². The Morgan fingerprint density at radius 3 is 2.78 bits per heavy atom. The Hall–Kier alpha value is -3.48. The zero-order valence-corrected chi connectivity index (χ0v) is 18.3. The molecule has 7 nitrogen and oxygen atoms in total. The number of amides is 2. The number of rotatable bonds is 4. The molecule has 1 atom stereocenters. The van der Waals surface area contributed by atoms with Crippen molar-refractivity contribution >= 4 is 11.7 Å². The van der Waals surface area contributed by atoms with Crippen molar-refractivity contribution in [3.8, 4) is 22.9 Å². The lowest BCUT2D eigenvalue weighted by Crippen LogP contribution is -2.43. The summed E-state index contributed by atoms with van der Waals surface area (Å²) in [5.41, 5.74) is 2.98. The maximum atomic E-state index is 13.0. The highest BCUT2D eigenvalue weighted by atomic mass is 16.6. The molecule has 0 saturated carbocycles. The largest absolute Gasteiger partial charge is 0.486 e. The van der Waals surface area contributed by atoms with Crippen LogP contribution in [-0.2, 0) is 6.54 Å². The molecule has 1 saturated heterocycles. The number of likely N-dealkylation sites (tertiary alicyclic amines) is 1. The summed E-state index contributed by atoms with van der Waals surface area (Å²) in [7, 11) is 0. The molecule has 5 rings (SSSR count). The number of benzene rings is 2. The molecule has 1 aromatic heterocycles. The first kappa shape index (κ1) is 20.4. The van der Waals surface area contributed by atoms with Crippen molar-refractivity contribution in [2.24, 2.45) is 5.92 Å². The third-order valence-electron chi connectivity index (χ3n) is 6.13. The number of anilines is 1. The van der Waals surface area contributed by atoms with Crippen LogP contribution in [0.3, 0.4) is 0 Å². The molecule has 7 heteroatoms. The van der Waals surface area contributed by atoms with E-state index in [0.717, 1.165) is 61.0 Å². The first-order chi connectivity index (χ1) is 15.7. The van der Waals surface area contributed by atoms with Crippen molar-refractivity contribution in [1.82, 2.24) is 14.5 Å². The molecule has 3 heterocycles. The van der Waals surface area contributed by atoms with Crippen LogP contribution in [0.15, 0.2) is 54.7 Å². The van der Waals surface area contributed by atoms with Crippen LogP contribution in [0.1, 0.15) is 18.5 Å². The Bertz CT molecular complexity index is 1100. The maximum Gasteiger partial charge on any atom is 0.321 e. The van der Waals surface area contributed by atoms with Gasteiger partial charge in [-0.25, -0.2) is 9.78 Å². The lowest BCUT2D eigenvalue weighted by atomic mass is 9.98. The first-order valence-electron chi connectivity index (χ1n) is 11.2. The van der Waals surface area contributed by atoms with Gasteiger partial charge in [0.25, 0.3) is 0 Å². The summed E-state index contributed by atoms with van der Waals surface area (Å²) in [5.74, 6) is 2.76. The van der Waals surface area contributed by atoms with Crippen LogP contribution in [0.4, 0.5) is 10.5 Å². The second-order valence-corrected chi connectivity index (χ2v) is 8.44. The normalized spacial score (nSPS) is 17.8. The molecule has 0 bridgehead atoms. The number of aromatic nitrogens is 2. The minimum Gasteiger partial charge on any atom is -0.486 e. The minimum absolute atomic E-state index is 0.0722. The van der Waals surface area contributed by atoms with Gasteiger partial charge in [0.15, 0.2) is 11.5 Å². The third-order valence-corrected chi connectivity index (χ3v) is 6.13. The van der Waals surface area contributed by atoms with Crippen molar-refractivity contribution < 1.29 is 14.3 Å². The first-order valence-corrected chi connectivity index (χ1v) is 11.2. The van der Waals surface area contributed by atoms with E-state index in [0.29, 0.717) is 24.9 Å². The SMILES string of the molecule is Cc1cnc(-c2ccccc2)n1CC1CCCN(C(=O)Nc2ccc3c(c2)OCCO3)C1. The zero-order chi connectivity index (χ0) is 21.9. The highest BCUT2D eigenvalue weighted by molar-refractivity contribution is 5.89. The van der Waals surface area contributed by atoms with E-state index in [2.05, 4.69) is 33.9 Å². The fourth-order valence-electron chi connectivity index (χ4n) is 4.49. The minimum atomic E-state index is -0.0722. The predicted octanol–water partition coefficient (Wildman–Crippen LogP) is 4.57. The summed E-state index contributed by atoms with van der Waals surface area (Å²) in [5, 5.41) is 3.02. The molecule has 2 aliphatic heterocycles. The van der Waals surface area contributed by atoms with Gasteiger partial charge in [-0.3, -0.25) is 0 Å². The predicted molar refractivity (Wildman–Crippen MR) is 123 cm³/mol. The Kier molecular flexibility index (Phi) is 5.71. The lowest BCUT2D eigenvalue weighted by molar-refractivity contribution is 0.169. The Morgan fingerprint density at radius 1 is 1.12 bits per heavy atom. The van der Waals surface area contributed by atoms with E-state index in [1.54, 1.807) is 0 Å². The lowest BCUT2D eigenvalue weighted by Gasteiger charge is -2.33. The van der Waals surface area contributed by atoms with E-state index in [9.17, 15) is 4.79 Å². The number of fused-ring (bicyclic) bond motifs is 1. The van der Waals surface area contributed by atoms with Crippen LogP contribution in [0.2, 0.25) is 0 Å². The summed E-state index contributed by atoms with van der Waals surface area (Å²) in [6.07, 6.45) is 4.02. The second-order valence-electron chi connectivity index (χ2n) is 8.44. The molecule has 2 aliphatic rings. The number of ether oxygens (including phenoxy) is 2. The van der Waals surface area contributed by atoms with E-state index in [1.807, 2.05) is 47.5 Å². The van der Waals surface area contributed by atoms with E-state index >= 15 is 0 Å². The van der Waals surface area contributed by atoms with E-state index in [1.165, 1.54) is 0 Å². The highest BCUT2D eigenvalue weighted by Crippen LogP contribution is 2.33. The topological polar surface area (TPSA) is 68.6 Å². The molecule has 0 aliphatic carbocycles. The number of nitrogens with one attached hydrogen (secondary N) is 1. The fraction of sp³-hybridized carbons (Fsp3) is 0.360. The van der Waals surface area contributed by atoms with Gasteiger partial charge in [0.2, 0.25) is 0 Å².